The third kappa shape index (κ3) is 8.88. The molecule has 0 aliphatic rings. The molecule has 0 aromatic carbocycles. The Morgan fingerprint density at radius 3 is 1.00 bits per heavy atom. The molecule has 0 N–H and O–H groups in total. The van der Waals surface area contributed by atoms with Crippen LogP contribution >= 0.6 is 13.5 Å². The summed E-state index contributed by atoms with van der Waals surface area (Å²) in [6, 6.07) is 0. The van der Waals surface area contributed by atoms with Gasteiger partial charge >= 0.3 is 65.9 Å². The predicted molar refractivity (Wildman–Crippen MR) is 27.5 cm³/mol. The first-order chi connectivity index (χ1) is 0. The van der Waals surface area contributed by atoms with Gasteiger partial charge in [0.15, 0.2) is 0 Å². The van der Waals surface area contributed by atoms with Crippen LogP contribution in [0.4, 0.5) is 0 Å². The molecule has 0 aliphatic carbocycles. The summed E-state index contributed by atoms with van der Waals surface area (Å²) in [5, 5.41) is 0. The second-order valence-electron chi connectivity index (χ2n) is 0. The first-order valence-corrected chi connectivity index (χ1v) is 0. The van der Waals surface area contributed by atoms with Gasteiger partial charge in [0, 0.05) is 17.1 Å². The molecule has 0 amide bonds. The van der Waals surface area contributed by atoms with Gasteiger partial charge in [0.2, 0.25) is 0 Å². The Balaban J connectivity index is 0. The Morgan fingerprint density at radius 2 is 1.00 bits per heavy atom. The van der Waals surface area contributed by atoms with Crippen LogP contribution in [0, 0.1) is 0 Å². The summed E-state index contributed by atoms with van der Waals surface area (Å²) >= 11 is 0. The monoisotopic (exact) mass is 319 g/mol. The molecule has 0 atom stereocenters. The normalized spacial score (nSPS) is 0. The van der Waals surface area contributed by atoms with E-state index in [4.69, 9.17) is 0 Å². The van der Waals surface area contributed by atoms with E-state index in [1.54, 1.807) is 0 Å². The van der Waals surface area contributed by atoms with E-state index in [9.17, 15) is 0 Å². The minimum absolute atomic E-state index is 0. The van der Waals surface area contributed by atoms with E-state index >= 15 is 0 Å². The van der Waals surface area contributed by atoms with Gasteiger partial charge in [-0.1, -0.05) is 0 Å². The molecule has 0 saturated heterocycles. The zero-order valence-electron chi connectivity index (χ0n) is 1.30. The van der Waals surface area contributed by atoms with Gasteiger partial charge in [0.1, 0.15) is 0 Å². The van der Waals surface area contributed by atoms with E-state index in [1.165, 1.54) is 0 Å². The van der Waals surface area contributed by atoms with Crippen LogP contribution in [0.1, 0.15) is 0 Å². The molecule has 4 heteroatoms. The summed E-state index contributed by atoms with van der Waals surface area (Å²) < 4.78 is 0. The van der Waals surface area contributed by atoms with Crippen LogP contribution in [0.25, 0.3) is 0 Å². The van der Waals surface area contributed by atoms with Crippen molar-refractivity contribution >= 4 is 79.4 Å². The fourth-order valence-corrected chi connectivity index (χ4v) is 0. The van der Waals surface area contributed by atoms with Crippen molar-refractivity contribution in [2.75, 3.05) is 0 Å². The van der Waals surface area contributed by atoms with E-state index < -0.39 is 0 Å². The van der Waals surface area contributed by atoms with E-state index in [0.717, 1.165) is 0 Å². The molecule has 0 spiro atoms. The minimum atomic E-state index is 0. The van der Waals surface area contributed by atoms with Crippen molar-refractivity contribution in [1.82, 2.24) is 0 Å². The molecule has 1 radical (unpaired) electrons. The Morgan fingerprint density at radius 1 is 1.00 bits per heavy atom. The second kappa shape index (κ2) is 16.7. The molecule has 31 valence electrons. The van der Waals surface area contributed by atoms with Gasteiger partial charge in [-0.25, -0.2) is 0 Å². The van der Waals surface area contributed by atoms with Crippen molar-refractivity contribution in [3.8, 4) is 0 Å². The van der Waals surface area contributed by atoms with Crippen molar-refractivity contribution < 1.29 is 17.1 Å². The summed E-state index contributed by atoms with van der Waals surface area (Å²) in [4.78, 5) is 0. The van der Waals surface area contributed by atoms with Gasteiger partial charge in [-0.2, -0.15) is 13.5 Å². The van der Waals surface area contributed by atoms with E-state index in [-0.39, 0.29) is 96.5 Å². The van der Waals surface area contributed by atoms with Gasteiger partial charge in [0.05, 0.1) is 0 Å². The third-order valence-corrected chi connectivity index (χ3v) is 0. The van der Waals surface area contributed by atoms with E-state index in [0.29, 0.717) is 0 Å². The molecule has 0 bridgehead atoms. The summed E-state index contributed by atoms with van der Waals surface area (Å²) in [6.07, 6.45) is 0. The molecular formula is H6BaCuSSe. The zero-order valence-corrected chi connectivity index (χ0v) is 5.34. The second-order valence-corrected chi connectivity index (χ2v) is 0. The average Bonchev–Trinajstić information content (AvgIpc) is 0. The van der Waals surface area contributed by atoms with Gasteiger partial charge in [-0.3, -0.25) is 0 Å². The number of rotatable bonds is 0. The van der Waals surface area contributed by atoms with Crippen LogP contribution in [0.3, 0.4) is 0 Å². The first-order valence-electron chi connectivity index (χ1n) is 0. The summed E-state index contributed by atoms with van der Waals surface area (Å²) in [7, 11) is 0. The maximum atomic E-state index is 0. The summed E-state index contributed by atoms with van der Waals surface area (Å²) in [5.74, 6) is 0. The molecule has 0 aliphatic heterocycles. The SMILES string of the molecule is S.[BaH2].[Cu].[SeH2]. The van der Waals surface area contributed by atoms with Crippen molar-refractivity contribution in [1.29, 1.82) is 0 Å². The third-order valence-electron chi connectivity index (χ3n) is 0. The fraction of sp³-hybridized carbons (Fsp3) is 0. The molecule has 4 heavy (non-hydrogen) atoms. The van der Waals surface area contributed by atoms with Crippen LogP contribution in [0.5, 0.6) is 0 Å². The van der Waals surface area contributed by atoms with Crippen LogP contribution in [-0.2, 0) is 17.1 Å². The van der Waals surface area contributed by atoms with Crippen LogP contribution in [0.2, 0.25) is 0 Å². The van der Waals surface area contributed by atoms with Gasteiger partial charge < -0.3 is 0 Å². The molecular weight excluding hydrogens is 312 g/mol. The van der Waals surface area contributed by atoms with Gasteiger partial charge in [-0.15, -0.1) is 0 Å². The topological polar surface area (TPSA) is 0 Å². The zero-order chi connectivity index (χ0) is 0. The van der Waals surface area contributed by atoms with Crippen LogP contribution in [0.15, 0.2) is 0 Å². The van der Waals surface area contributed by atoms with Crippen molar-refractivity contribution in [2.24, 2.45) is 0 Å². The molecule has 0 aromatic heterocycles. The molecule has 0 saturated carbocycles. The van der Waals surface area contributed by atoms with Crippen molar-refractivity contribution in [3.63, 3.8) is 0 Å². The maximum absolute atomic E-state index is 0. The first kappa shape index (κ1) is 28.2. The average molecular weight is 318 g/mol. The van der Waals surface area contributed by atoms with E-state index in [2.05, 4.69) is 0 Å². The molecule has 0 aromatic rings. The predicted octanol–water partition coefficient (Wildman–Crippen LogP) is -1.72. The summed E-state index contributed by atoms with van der Waals surface area (Å²) in [6.45, 7) is 0. The Hall–Kier alpha value is 2.96. The summed E-state index contributed by atoms with van der Waals surface area (Å²) in [5.41, 5.74) is 0. The van der Waals surface area contributed by atoms with Gasteiger partial charge in [-0.05, 0) is 0 Å². The van der Waals surface area contributed by atoms with E-state index in [1.807, 2.05) is 0 Å². The Bertz CT molecular complexity index is 8.00. The number of hydrogen-bond acceptors (Lipinski definition) is 0. The van der Waals surface area contributed by atoms with Crippen LogP contribution < -0.4 is 0 Å². The molecule has 0 nitrogen and oxygen atoms in total. The molecule has 0 heterocycles. The van der Waals surface area contributed by atoms with Gasteiger partial charge in [0.25, 0.3) is 0 Å². The Labute approximate surface area is 94.3 Å². The standard InChI is InChI=1S/Ba.Cu.H2S.H2Se.2H/h;;2*1H2;;. The quantitative estimate of drug-likeness (QED) is 0.466. The molecule has 0 fully saturated rings. The van der Waals surface area contributed by atoms with Crippen LogP contribution in [-0.4, -0.2) is 65.9 Å². The number of hydrogen-bond donors (Lipinski definition) is 0. The fourth-order valence-electron chi connectivity index (χ4n) is 0. The molecule has 0 rings (SSSR count). The molecule has 0 unspecified atom stereocenters. The van der Waals surface area contributed by atoms with Crippen molar-refractivity contribution in [3.05, 3.63) is 0 Å². The Kier molecular flexibility index (Phi) is 118. The van der Waals surface area contributed by atoms with Crippen molar-refractivity contribution in [2.45, 2.75) is 0 Å².